The largest absolute Gasteiger partial charge is 0.467 e. The van der Waals surface area contributed by atoms with Gasteiger partial charge in [-0.2, -0.15) is 0 Å². The van der Waals surface area contributed by atoms with Crippen molar-refractivity contribution >= 4 is 22.8 Å². The standard InChI is InChI=1S/C23H23NO5/c1-13(2)18(23(27)28-4)24-22(26)17-12-8-11-16-19(25)14(3)20(29-21(16)17)15-9-6-5-7-10-15/h5-13,18H,1-4H3,(H,24,26)/t18-/m1/s1. The summed E-state index contributed by atoms with van der Waals surface area (Å²) in [5.41, 5.74) is 1.39. The van der Waals surface area contributed by atoms with Gasteiger partial charge >= 0.3 is 5.97 Å². The molecule has 0 bridgehead atoms. The lowest BCUT2D eigenvalue weighted by atomic mass is 10.0. The van der Waals surface area contributed by atoms with Gasteiger partial charge in [0.25, 0.3) is 5.91 Å². The number of nitrogens with one attached hydrogen (secondary N) is 1. The molecule has 6 nitrogen and oxygen atoms in total. The predicted octanol–water partition coefficient (Wildman–Crippen LogP) is 3.70. The SMILES string of the molecule is COC(=O)[C@H](NC(=O)c1cccc2c(=O)c(C)c(-c3ccccc3)oc12)C(C)C. The van der Waals surface area contributed by atoms with Crippen LogP contribution in [0.5, 0.6) is 0 Å². The van der Waals surface area contributed by atoms with Gasteiger partial charge in [0.2, 0.25) is 0 Å². The van der Waals surface area contributed by atoms with E-state index in [-0.39, 0.29) is 22.5 Å². The molecule has 0 saturated heterocycles. The van der Waals surface area contributed by atoms with E-state index in [0.717, 1.165) is 5.56 Å². The molecule has 0 unspecified atom stereocenters. The molecule has 1 heterocycles. The molecule has 150 valence electrons. The van der Waals surface area contributed by atoms with Crippen molar-refractivity contribution in [1.29, 1.82) is 0 Å². The Bertz CT molecular complexity index is 1120. The maximum atomic E-state index is 13.0. The number of benzene rings is 2. The first-order valence-corrected chi connectivity index (χ1v) is 9.35. The van der Waals surface area contributed by atoms with E-state index in [4.69, 9.17) is 9.15 Å². The molecule has 0 spiro atoms. The average Bonchev–Trinajstić information content (AvgIpc) is 2.73. The minimum atomic E-state index is -0.812. The highest BCUT2D eigenvalue weighted by molar-refractivity contribution is 6.06. The van der Waals surface area contributed by atoms with Gasteiger partial charge in [-0.05, 0) is 25.0 Å². The van der Waals surface area contributed by atoms with Crippen molar-refractivity contribution in [3.05, 3.63) is 69.9 Å². The van der Waals surface area contributed by atoms with Crippen LogP contribution >= 0.6 is 0 Å². The molecule has 3 aromatic rings. The summed E-state index contributed by atoms with van der Waals surface area (Å²) in [7, 11) is 1.27. The van der Waals surface area contributed by atoms with Crippen molar-refractivity contribution in [2.75, 3.05) is 7.11 Å². The molecule has 6 heteroatoms. The molecule has 3 rings (SSSR count). The zero-order chi connectivity index (χ0) is 21.1. The molecule has 0 aliphatic heterocycles. The third kappa shape index (κ3) is 3.92. The molecule has 1 amide bonds. The van der Waals surface area contributed by atoms with Crippen molar-refractivity contribution in [3.8, 4) is 11.3 Å². The van der Waals surface area contributed by atoms with Gasteiger partial charge in [-0.3, -0.25) is 9.59 Å². The van der Waals surface area contributed by atoms with Crippen molar-refractivity contribution in [1.82, 2.24) is 5.32 Å². The Morgan fingerprint density at radius 1 is 1.03 bits per heavy atom. The number of carbonyl (C=O) groups is 2. The maximum Gasteiger partial charge on any atom is 0.328 e. The summed E-state index contributed by atoms with van der Waals surface area (Å²) in [4.78, 5) is 37.9. The smallest absolute Gasteiger partial charge is 0.328 e. The van der Waals surface area contributed by atoms with E-state index in [9.17, 15) is 14.4 Å². The fraction of sp³-hybridized carbons (Fsp3) is 0.261. The van der Waals surface area contributed by atoms with Crippen LogP contribution in [0.25, 0.3) is 22.3 Å². The molecular formula is C23H23NO5. The van der Waals surface area contributed by atoms with Gasteiger partial charge < -0.3 is 14.5 Å². The Balaban J connectivity index is 2.14. The van der Waals surface area contributed by atoms with Crippen LogP contribution in [0.1, 0.15) is 29.8 Å². The fourth-order valence-corrected chi connectivity index (χ4v) is 3.20. The van der Waals surface area contributed by atoms with E-state index in [1.54, 1.807) is 25.1 Å². The quantitative estimate of drug-likeness (QED) is 0.668. The number of fused-ring (bicyclic) bond motifs is 1. The van der Waals surface area contributed by atoms with Crippen LogP contribution in [0.3, 0.4) is 0 Å². The second-order valence-electron chi connectivity index (χ2n) is 7.15. The van der Waals surface area contributed by atoms with Crippen LogP contribution in [-0.2, 0) is 9.53 Å². The Morgan fingerprint density at radius 3 is 2.34 bits per heavy atom. The van der Waals surface area contributed by atoms with Gasteiger partial charge in [0, 0.05) is 11.1 Å². The van der Waals surface area contributed by atoms with Gasteiger partial charge in [-0.15, -0.1) is 0 Å². The molecule has 1 aromatic heterocycles. The number of hydrogen-bond acceptors (Lipinski definition) is 5. The first-order valence-electron chi connectivity index (χ1n) is 9.35. The summed E-state index contributed by atoms with van der Waals surface area (Å²) in [6.45, 7) is 5.32. The molecule has 1 N–H and O–H groups in total. The van der Waals surface area contributed by atoms with E-state index in [1.165, 1.54) is 7.11 Å². The van der Waals surface area contributed by atoms with E-state index in [2.05, 4.69) is 5.32 Å². The van der Waals surface area contributed by atoms with Crippen molar-refractivity contribution < 1.29 is 18.7 Å². The van der Waals surface area contributed by atoms with Gasteiger partial charge in [-0.25, -0.2) is 4.79 Å². The zero-order valence-corrected chi connectivity index (χ0v) is 16.8. The fourth-order valence-electron chi connectivity index (χ4n) is 3.20. The van der Waals surface area contributed by atoms with Crippen LogP contribution in [0.4, 0.5) is 0 Å². The highest BCUT2D eigenvalue weighted by Crippen LogP contribution is 2.27. The molecule has 0 saturated carbocycles. The molecule has 0 aliphatic rings. The van der Waals surface area contributed by atoms with Crippen LogP contribution in [0, 0.1) is 12.8 Å². The normalized spacial score (nSPS) is 12.0. The topological polar surface area (TPSA) is 85.6 Å². The Kier molecular flexibility index (Phi) is 5.82. The highest BCUT2D eigenvalue weighted by Gasteiger charge is 2.27. The molecule has 2 aromatic carbocycles. The number of para-hydroxylation sites is 1. The van der Waals surface area contributed by atoms with Gasteiger partial charge in [0.05, 0.1) is 18.1 Å². The van der Waals surface area contributed by atoms with Gasteiger partial charge in [0.15, 0.2) is 11.0 Å². The lowest BCUT2D eigenvalue weighted by Crippen LogP contribution is -2.45. The third-order valence-corrected chi connectivity index (χ3v) is 4.83. The molecule has 0 radical (unpaired) electrons. The average molecular weight is 393 g/mol. The molecular weight excluding hydrogens is 370 g/mol. The minimum Gasteiger partial charge on any atom is -0.467 e. The number of esters is 1. The number of hydrogen-bond donors (Lipinski definition) is 1. The summed E-state index contributed by atoms with van der Waals surface area (Å²) < 4.78 is 10.8. The summed E-state index contributed by atoms with van der Waals surface area (Å²) in [5, 5.41) is 3.01. The number of methoxy groups -OCH3 is 1. The van der Waals surface area contributed by atoms with E-state index < -0.39 is 17.9 Å². The van der Waals surface area contributed by atoms with Crippen molar-refractivity contribution in [2.45, 2.75) is 26.8 Å². The number of amides is 1. The first kappa shape index (κ1) is 20.3. The first-order chi connectivity index (χ1) is 13.8. The van der Waals surface area contributed by atoms with Crippen molar-refractivity contribution in [2.24, 2.45) is 5.92 Å². The lowest BCUT2D eigenvalue weighted by molar-refractivity contribution is -0.144. The van der Waals surface area contributed by atoms with E-state index >= 15 is 0 Å². The second kappa shape index (κ2) is 8.31. The monoisotopic (exact) mass is 393 g/mol. The Morgan fingerprint density at radius 2 is 1.72 bits per heavy atom. The summed E-state index contributed by atoms with van der Waals surface area (Å²) in [5.74, 6) is -0.797. The minimum absolute atomic E-state index is 0.171. The van der Waals surface area contributed by atoms with Crippen molar-refractivity contribution in [3.63, 3.8) is 0 Å². The Hall–Kier alpha value is -3.41. The van der Waals surface area contributed by atoms with Crippen LogP contribution in [0.2, 0.25) is 0 Å². The second-order valence-corrected chi connectivity index (χ2v) is 7.15. The third-order valence-electron chi connectivity index (χ3n) is 4.83. The summed E-state index contributed by atoms with van der Waals surface area (Å²) in [6, 6.07) is 13.3. The Labute approximate surface area is 168 Å². The molecule has 0 aliphatic carbocycles. The zero-order valence-electron chi connectivity index (χ0n) is 16.8. The highest BCUT2D eigenvalue weighted by atomic mass is 16.5. The van der Waals surface area contributed by atoms with Crippen LogP contribution in [-0.4, -0.2) is 25.0 Å². The maximum absolute atomic E-state index is 13.0. The molecule has 29 heavy (non-hydrogen) atoms. The number of rotatable bonds is 5. The molecule has 1 atom stereocenters. The number of carbonyl (C=O) groups excluding carboxylic acids is 2. The van der Waals surface area contributed by atoms with Gasteiger partial charge in [0.1, 0.15) is 11.8 Å². The van der Waals surface area contributed by atoms with Crippen LogP contribution < -0.4 is 10.7 Å². The summed E-state index contributed by atoms with van der Waals surface area (Å²) >= 11 is 0. The van der Waals surface area contributed by atoms with Crippen LogP contribution in [0.15, 0.2) is 57.7 Å². The molecule has 0 fully saturated rings. The van der Waals surface area contributed by atoms with Gasteiger partial charge in [-0.1, -0.05) is 50.2 Å². The number of ether oxygens (including phenoxy) is 1. The predicted molar refractivity (Wildman–Crippen MR) is 111 cm³/mol. The lowest BCUT2D eigenvalue weighted by Gasteiger charge is -2.20. The summed E-state index contributed by atoms with van der Waals surface area (Å²) in [6.07, 6.45) is 0. The van der Waals surface area contributed by atoms with E-state index in [0.29, 0.717) is 16.7 Å². The van der Waals surface area contributed by atoms with E-state index in [1.807, 2.05) is 44.2 Å².